The zero-order valence-electron chi connectivity index (χ0n) is 8.57. The van der Waals surface area contributed by atoms with E-state index in [1.165, 1.54) is 0 Å². The largest absolute Gasteiger partial charge is 0.411 e. The number of hydrogen-bond acceptors (Lipinski definition) is 2. The fourth-order valence-electron chi connectivity index (χ4n) is 1.49. The maximum absolute atomic E-state index is 11.7. The molecule has 1 aliphatic rings. The van der Waals surface area contributed by atoms with Gasteiger partial charge in [0.05, 0.1) is 5.54 Å². The molecule has 1 rings (SSSR count). The minimum atomic E-state index is -4.40. The number of amides is 1. The Hall–Kier alpha value is -0.490. The van der Waals surface area contributed by atoms with Gasteiger partial charge in [0, 0.05) is 5.88 Å². The first-order chi connectivity index (χ1) is 7.37. The normalized spacial score (nSPS) is 19.0. The standard InChI is InChI=1S/C9H13ClF3NO2/c10-5-8(2-1-3-8)14-7(15)4-16-6-9(11,12)13/h1-6H2,(H,14,15). The van der Waals surface area contributed by atoms with Crippen molar-refractivity contribution < 1.29 is 22.7 Å². The summed E-state index contributed by atoms with van der Waals surface area (Å²) in [6.07, 6.45) is -1.90. The minimum absolute atomic E-state index is 0.276. The average molecular weight is 260 g/mol. The monoisotopic (exact) mass is 259 g/mol. The Morgan fingerprint density at radius 2 is 2.06 bits per heavy atom. The van der Waals surface area contributed by atoms with Crippen molar-refractivity contribution in [1.29, 1.82) is 0 Å². The first-order valence-electron chi connectivity index (χ1n) is 4.88. The van der Waals surface area contributed by atoms with E-state index in [0.717, 1.165) is 19.3 Å². The van der Waals surface area contributed by atoms with E-state index in [4.69, 9.17) is 11.6 Å². The Labute approximate surface area is 96.3 Å². The number of halogens is 4. The summed E-state index contributed by atoms with van der Waals surface area (Å²) in [5, 5.41) is 2.60. The Kier molecular flexibility index (Phi) is 4.43. The van der Waals surface area contributed by atoms with Gasteiger partial charge in [0.25, 0.3) is 0 Å². The van der Waals surface area contributed by atoms with Crippen LogP contribution in [0.1, 0.15) is 19.3 Å². The molecule has 0 aromatic rings. The van der Waals surface area contributed by atoms with Crippen LogP contribution in [0.2, 0.25) is 0 Å². The highest BCUT2D eigenvalue weighted by Gasteiger charge is 2.37. The lowest BCUT2D eigenvalue weighted by Crippen LogP contribution is -2.55. The molecule has 0 spiro atoms. The van der Waals surface area contributed by atoms with Gasteiger partial charge >= 0.3 is 6.18 Å². The summed E-state index contributed by atoms with van der Waals surface area (Å²) in [7, 11) is 0. The summed E-state index contributed by atoms with van der Waals surface area (Å²) < 4.78 is 39.4. The van der Waals surface area contributed by atoms with Crippen molar-refractivity contribution in [3.05, 3.63) is 0 Å². The van der Waals surface area contributed by atoms with Crippen molar-refractivity contribution in [2.24, 2.45) is 0 Å². The molecular weight excluding hydrogens is 247 g/mol. The highest BCUT2D eigenvalue weighted by atomic mass is 35.5. The van der Waals surface area contributed by atoms with E-state index in [0.29, 0.717) is 0 Å². The van der Waals surface area contributed by atoms with Crippen LogP contribution < -0.4 is 5.32 Å². The van der Waals surface area contributed by atoms with E-state index in [9.17, 15) is 18.0 Å². The molecule has 16 heavy (non-hydrogen) atoms. The van der Waals surface area contributed by atoms with E-state index < -0.39 is 30.8 Å². The van der Waals surface area contributed by atoms with Gasteiger partial charge in [0.1, 0.15) is 13.2 Å². The molecule has 0 atom stereocenters. The number of carbonyl (C=O) groups is 1. The fourth-order valence-corrected chi connectivity index (χ4v) is 1.82. The Balaban J connectivity index is 2.21. The van der Waals surface area contributed by atoms with Crippen molar-refractivity contribution in [2.45, 2.75) is 31.0 Å². The molecule has 7 heteroatoms. The molecule has 1 aliphatic carbocycles. The van der Waals surface area contributed by atoms with E-state index in [1.807, 2.05) is 0 Å². The molecule has 1 saturated carbocycles. The van der Waals surface area contributed by atoms with Gasteiger partial charge in [-0.1, -0.05) is 0 Å². The molecule has 0 bridgehead atoms. The van der Waals surface area contributed by atoms with Crippen LogP contribution in [0.3, 0.4) is 0 Å². The van der Waals surface area contributed by atoms with E-state index >= 15 is 0 Å². The first-order valence-corrected chi connectivity index (χ1v) is 5.42. The maximum atomic E-state index is 11.7. The lowest BCUT2D eigenvalue weighted by atomic mass is 9.78. The SMILES string of the molecule is O=C(COCC(F)(F)F)NC1(CCl)CCC1. The minimum Gasteiger partial charge on any atom is -0.362 e. The van der Waals surface area contributed by atoms with Gasteiger partial charge in [-0.15, -0.1) is 11.6 Å². The van der Waals surface area contributed by atoms with E-state index in [-0.39, 0.29) is 5.88 Å². The Morgan fingerprint density at radius 1 is 1.44 bits per heavy atom. The van der Waals surface area contributed by atoms with Crippen LogP contribution in [0.25, 0.3) is 0 Å². The summed E-state index contributed by atoms with van der Waals surface area (Å²) in [5.74, 6) is -0.275. The second-order valence-electron chi connectivity index (χ2n) is 3.92. The smallest absolute Gasteiger partial charge is 0.362 e. The average Bonchev–Trinajstić information content (AvgIpc) is 2.09. The number of alkyl halides is 4. The third-order valence-corrected chi connectivity index (χ3v) is 2.98. The summed E-state index contributed by atoms with van der Waals surface area (Å²) in [4.78, 5) is 11.2. The predicted octanol–water partition coefficient (Wildman–Crippen LogP) is 1.84. The molecule has 0 heterocycles. The molecule has 0 unspecified atom stereocenters. The molecular formula is C9H13ClF3NO2. The van der Waals surface area contributed by atoms with Crippen LogP contribution in [0.5, 0.6) is 0 Å². The van der Waals surface area contributed by atoms with Crippen LogP contribution in [-0.2, 0) is 9.53 Å². The molecule has 0 aromatic carbocycles. The molecule has 0 saturated heterocycles. The summed E-state index contributed by atoms with van der Waals surface area (Å²) in [6, 6.07) is 0. The third kappa shape index (κ3) is 4.17. The number of nitrogens with one attached hydrogen (secondary N) is 1. The predicted molar refractivity (Wildman–Crippen MR) is 52.3 cm³/mol. The highest BCUT2D eigenvalue weighted by molar-refractivity contribution is 6.18. The zero-order chi connectivity index (χ0) is 12.2. The molecule has 3 nitrogen and oxygen atoms in total. The fraction of sp³-hybridized carbons (Fsp3) is 0.889. The molecule has 94 valence electrons. The van der Waals surface area contributed by atoms with Crippen molar-refractivity contribution in [1.82, 2.24) is 5.32 Å². The van der Waals surface area contributed by atoms with Gasteiger partial charge < -0.3 is 10.1 Å². The Morgan fingerprint density at radius 3 is 2.44 bits per heavy atom. The van der Waals surface area contributed by atoms with Crippen LogP contribution in [-0.4, -0.2) is 36.7 Å². The summed E-state index contributed by atoms with van der Waals surface area (Å²) in [6.45, 7) is -1.99. The van der Waals surface area contributed by atoms with Crippen molar-refractivity contribution in [2.75, 3.05) is 19.1 Å². The van der Waals surface area contributed by atoms with Crippen molar-refractivity contribution >= 4 is 17.5 Å². The van der Waals surface area contributed by atoms with Gasteiger partial charge in [-0.05, 0) is 19.3 Å². The van der Waals surface area contributed by atoms with Crippen LogP contribution in [0.4, 0.5) is 13.2 Å². The molecule has 1 N–H and O–H groups in total. The maximum Gasteiger partial charge on any atom is 0.411 e. The lowest BCUT2D eigenvalue weighted by molar-refractivity contribution is -0.176. The number of hydrogen-bond donors (Lipinski definition) is 1. The molecule has 0 radical (unpaired) electrons. The topological polar surface area (TPSA) is 38.3 Å². The number of ether oxygens (including phenoxy) is 1. The summed E-state index contributed by atoms with van der Waals surface area (Å²) in [5.41, 5.74) is -0.430. The second kappa shape index (κ2) is 5.23. The van der Waals surface area contributed by atoms with Crippen LogP contribution in [0.15, 0.2) is 0 Å². The van der Waals surface area contributed by atoms with Crippen LogP contribution in [0, 0.1) is 0 Å². The van der Waals surface area contributed by atoms with Gasteiger partial charge in [-0.2, -0.15) is 13.2 Å². The number of carbonyl (C=O) groups excluding carboxylic acids is 1. The van der Waals surface area contributed by atoms with Crippen molar-refractivity contribution in [3.8, 4) is 0 Å². The van der Waals surface area contributed by atoms with Gasteiger partial charge in [-0.25, -0.2) is 0 Å². The molecule has 0 aromatic heterocycles. The lowest BCUT2D eigenvalue weighted by Gasteiger charge is -2.40. The van der Waals surface area contributed by atoms with E-state index in [1.54, 1.807) is 0 Å². The van der Waals surface area contributed by atoms with E-state index in [2.05, 4.69) is 10.1 Å². The number of rotatable bonds is 5. The highest BCUT2D eigenvalue weighted by Crippen LogP contribution is 2.32. The second-order valence-corrected chi connectivity index (χ2v) is 4.19. The van der Waals surface area contributed by atoms with Gasteiger partial charge in [0.15, 0.2) is 0 Å². The molecule has 1 fully saturated rings. The molecule has 1 amide bonds. The first kappa shape index (κ1) is 13.6. The van der Waals surface area contributed by atoms with Gasteiger partial charge in [0.2, 0.25) is 5.91 Å². The zero-order valence-corrected chi connectivity index (χ0v) is 9.33. The summed E-state index contributed by atoms with van der Waals surface area (Å²) >= 11 is 5.68. The third-order valence-electron chi connectivity index (χ3n) is 2.47. The Bertz CT molecular complexity index is 248. The van der Waals surface area contributed by atoms with Crippen LogP contribution >= 0.6 is 11.6 Å². The quantitative estimate of drug-likeness (QED) is 0.765. The molecule has 0 aliphatic heterocycles. The van der Waals surface area contributed by atoms with Gasteiger partial charge in [-0.3, -0.25) is 4.79 Å². The van der Waals surface area contributed by atoms with Crippen molar-refractivity contribution in [3.63, 3.8) is 0 Å².